The van der Waals surface area contributed by atoms with E-state index in [0.29, 0.717) is 12.5 Å². The summed E-state index contributed by atoms with van der Waals surface area (Å²) in [5.74, 6) is 0.626. The zero-order valence-electron chi connectivity index (χ0n) is 13.1. The van der Waals surface area contributed by atoms with Crippen molar-refractivity contribution in [3.8, 4) is 0 Å². The summed E-state index contributed by atoms with van der Waals surface area (Å²) in [6.45, 7) is 12.6. The summed E-state index contributed by atoms with van der Waals surface area (Å²) in [7, 11) is 0. The fraction of sp³-hybridized carbons (Fsp3) is 0.867. The van der Waals surface area contributed by atoms with Gasteiger partial charge >= 0.3 is 0 Å². The average Bonchev–Trinajstić information content (AvgIpc) is 2.34. The van der Waals surface area contributed by atoms with E-state index in [1.165, 1.54) is 0 Å². The smallest absolute Gasteiger partial charge is 0.248 e. The maximum atomic E-state index is 12.6. The highest BCUT2D eigenvalue weighted by molar-refractivity contribution is 5.99. The van der Waals surface area contributed by atoms with Crippen LogP contribution in [-0.2, 0) is 9.59 Å². The van der Waals surface area contributed by atoms with E-state index in [4.69, 9.17) is 0 Å². The van der Waals surface area contributed by atoms with Crippen LogP contribution >= 0.6 is 0 Å². The maximum absolute atomic E-state index is 12.6. The first-order chi connectivity index (χ1) is 8.74. The lowest BCUT2D eigenvalue weighted by Gasteiger charge is -2.45. The molecule has 1 saturated heterocycles. The molecule has 0 radical (unpaired) electrons. The lowest BCUT2D eigenvalue weighted by atomic mass is 9.88. The summed E-state index contributed by atoms with van der Waals surface area (Å²) < 4.78 is 0. The Kier molecular flexibility index (Phi) is 4.99. The average molecular weight is 268 g/mol. The Hall–Kier alpha value is -1.06. The molecule has 0 aromatic rings. The van der Waals surface area contributed by atoms with E-state index >= 15 is 0 Å². The minimum atomic E-state index is -0.783. The van der Waals surface area contributed by atoms with Crippen LogP contribution in [-0.4, -0.2) is 34.8 Å². The zero-order chi connectivity index (χ0) is 14.8. The van der Waals surface area contributed by atoms with Crippen molar-refractivity contribution in [2.24, 2.45) is 11.8 Å². The van der Waals surface area contributed by atoms with Gasteiger partial charge in [0.15, 0.2) is 0 Å². The van der Waals surface area contributed by atoms with Gasteiger partial charge in [-0.25, -0.2) is 0 Å². The minimum absolute atomic E-state index is 0.0118. The number of hydrogen-bond donors (Lipinski definition) is 1. The van der Waals surface area contributed by atoms with E-state index in [2.05, 4.69) is 26.1 Å². The number of nitrogens with zero attached hydrogens (tertiary/aromatic N) is 1. The summed E-state index contributed by atoms with van der Waals surface area (Å²) in [6, 6.07) is -0.320. The van der Waals surface area contributed by atoms with Crippen LogP contribution < -0.4 is 5.32 Å². The molecule has 0 spiro atoms. The molecule has 1 aliphatic heterocycles. The van der Waals surface area contributed by atoms with E-state index in [1.807, 2.05) is 6.92 Å². The highest BCUT2D eigenvalue weighted by Gasteiger charge is 2.46. The summed E-state index contributed by atoms with van der Waals surface area (Å²) in [5.41, 5.74) is -0.783. The SMILES string of the molecule is CCC(C)CN1C(=O)C(C)(C)NC(=O)C1C(C)CC. The molecule has 0 saturated carbocycles. The largest absolute Gasteiger partial charge is 0.340 e. The van der Waals surface area contributed by atoms with Crippen molar-refractivity contribution in [3.05, 3.63) is 0 Å². The van der Waals surface area contributed by atoms with E-state index in [-0.39, 0.29) is 23.8 Å². The van der Waals surface area contributed by atoms with Crippen LogP contribution in [0.1, 0.15) is 54.4 Å². The van der Waals surface area contributed by atoms with Gasteiger partial charge in [-0.2, -0.15) is 0 Å². The molecule has 1 N–H and O–H groups in total. The van der Waals surface area contributed by atoms with Gasteiger partial charge in [0.05, 0.1) is 0 Å². The number of amides is 2. The molecule has 1 fully saturated rings. The molecule has 3 atom stereocenters. The normalized spacial score (nSPS) is 26.0. The molecular weight excluding hydrogens is 240 g/mol. The summed E-state index contributed by atoms with van der Waals surface area (Å²) in [5, 5.41) is 2.86. The highest BCUT2D eigenvalue weighted by Crippen LogP contribution is 2.25. The van der Waals surface area contributed by atoms with Gasteiger partial charge in [-0.15, -0.1) is 0 Å². The lowest BCUT2D eigenvalue weighted by Crippen LogP contribution is -2.69. The van der Waals surface area contributed by atoms with Crippen LogP contribution in [0.15, 0.2) is 0 Å². The molecule has 2 amide bonds. The monoisotopic (exact) mass is 268 g/mol. The third kappa shape index (κ3) is 3.28. The molecule has 4 nitrogen and oxygen atoms in total. The first kappa shape index (κ1) is 16.0. The number of carbonyl (C=O) groups is 2. The number of piperazine rings is 1. The molecule has 19 heavy (non-hydrogen) atoms. The first-order valence-corrected chi connectivity index (χ1v) is 7.37. The van der Waals surface area contributed by atoms with Crippen molar-refractivity contribution < 1.29 is 9.59 Å². The molecule has 3 unspecified atom stereocenters. The topological polar surface area (TPSA) is 49.4 Å². The van der Waals surface area contributed by atoms with Crippen molar-refractivity contribution in [2.75, 3.05) is 6.54 Å². The summed E-state index contributed by atoms with van der Waals surface area (Å²) in [6.07, 6.45) is 1.90. The van der Waals surface area contributed by atoms with Crippen LogP contribution in [0, 0.1) is 11.8 Å². The van der Waals surface area contributed by atoms with Gasteiger partial charge in [-0.1, -0.05) is 40.5 Å². The number of carbonyl (C=O) groups excluding carboxylic acids is 2. The minimum Gasteiger partial charge on any atom is -0.340 e. The van der Waals surface area contributed by atoms with Crippen LogP contribution in [0.5, 0.6) is 0 Å². The summed E-state index contributed by atoms with van der Waals surface area (Å²) in [4.78, 5) is 26.7. The van der Waals surface area contributed by atoms with Gasteiger partial charge in [0, 0.05) is 6.54 Å². The molecule has 1 aliphatic rings. The molecule has 0 aliphatic carbocycles. The van der Waals surface area contributed by atoms with Crippen molar-refractivity contribution in [1.82, 2.24) is 10.2 Å². The van der Waals surface area contributed by atoms with Gasteiger partial charge in [-0.05, 0) is 25.7 Å². The van der Waals surface area contributed by atoms with Crippen LogP contribution in [0.25, 0.3) is 0 Å². The first-order valence-electron chi connectivity index (χ1n) is 7.37. The predicted molar refractivity (Wildman–Crippen MR) is 76.6 cm³/mol. The molecule has 110 valence electrons. The van der Waals surface area contributed by atoms with E-state index in [0.717, 1.165) is 12.8 Å². The standard InChI is InChI=1S/C15H28N2O2/c1-7-10(3)9-17-12(11(4)8-2)13(18)16-15(5,6)14(17)19/h10-12H,7-9H2,1-6H3,(H,16,18). The number of rotatable bonds is 5. The highest BCUT2D eigenvalue weighted by atomic mass is 16.2. The molecular formula is C15H28N2O2. The fourth-order valence-corrected chi connectivity index (χ4v) is 2.51. The van der Waals surface area contributed by atoms with Crippen molar-refractivity contribution in [2.45, 2.75) is 66.0 Å². The quantitative estimate of drug-likeness (QED) is 0.831. The Morgan fingerprint density at radius 3 is 2.26 bits per heavy atom. The van der Waals surface area contributed by atoms with Crippen LogP contribution in [0.2, 0.25) is 0 Å². The molecule has 4 heteroatoms. The molecule has 0 aromatic heterocycles. The second kappa shape index (κ2) is 5.93. The molecule has 0 bridgehead atoms. The molecule has 1 heterocycles. The van der Waals surface area contributed by atoms with E-state index in [1.54, 1.807) is 18.7 Å². The van der Waals surface area contributed by atoms with Crippen molar-refractivity contribution in [1.29, 1.82) is 0 Å². The van der Waals surface area contributed by atoms with Crippen molar-refractivity contribution >= 4 is 11.8 Å². The number of nitrogens with one attached hydrogen (secondary N) is 1. The van der Waals surface area contributed by atoms with Crippen LogP contribution in [0.3, 0.4) is 0 Å². The summed E-state index contributed by atoms with van der Waals surface area (Å²) >= 11 is 0. The third-order valence-electron chi connectivity index (χ3n) is 4.22. The molecule has 1 rings (SSSR count). The lowest BCUT2D eigenvalue weighted by molar-refractivity contribution is -0.156. The van der Waals surface area contributed by atoms with Gasteiger partial charge in [0.2, 0.25) is 11.8 Å². The van der Waals surface area contributed by atoms with Crippen LogP contribution in [0.4, 0.5) is 0 Å². The number of hydrogen-bond acceptors (Lipinski definition) is 2. The van der Waals surface area contributed by atoms with Gasteiger partial charge in [-0.3, -0.25) is 9.59 Å². The van der Waals surface area contributed by atoms with Gasteiger partial charge in [0.1, 0.15) is 11.6 Å². The Morgan fingerprint density at radius 1 is 1.21 bits per heavy atom. The Balaban J connectivity index is 3.05. The van der Waals surface area contributed by atoms with Crippen molar-refractivity contribution in [3.63, 3.8) is 0 Å². The zero-order valence-corrected chi connectivity index (χ0v) is 13.1. The second-order valence-electron chi connectivity index (χ2n) is 6.42. The Morgan fingerprint density at radius 2 is 1.79 bits per heavy atom. The fourth-order valence-electron chi connectivity index (χ4n) is 2.51. The van der Waals surface area contributed by atoms with Gasteiger partial charge < -0.3 is 10.2 Å². The molecule has 0 aromatic carbocycles. The Labute approximate surface area is 116 Å². The third-order valence-corrected chi connectivity index (χ3v) is 4.22. The second-order valence-corrected chi connectivity index (χ2v) is 6.42. The maximum Gasteiger partial charge on any atom is 0.248 e. The van der Waals surface area contributed by atoms with E-state index in [9.17, 15) is 9.59 Å². The Bertz CT molecular complexity index is 352. The predicted octanol–water partition coefficient (Wildman–Crippen LogP) is 2.18. The van der Waals surface area contributed by atoms with E-state index < -0.39 is 5.54 Å². The van der Waals surface area contributed by atoms with Gasteiger partial charge in [0.25, 0.3) is 0 Å².